The van der Waals surface area contributed by atoms with Crippen molar-refractivity contribution in [3.63, 3.8) is 0 Å². The van der Waals surface area contributed by atoms with Crippen LogP contribution in [-0.2, 0) is 20.8 Å². The normalized spacial score (nSPS) is 19.0. The number of hydrogen-bond acceptors (Lipinski definition) is 5. The molecule has 1 aliphatic rings. The lowest BCUT2D eigenvalue weighted by atomic mass is 9.87. The second kappa shape index (κ2) is 15.4. The Balaban J connectivity index is 1.95. The van der Waals surface area contributed by atoms with Crippen molar-refractivity contribution >= 4 is 40.6 Å². The number of amides is 4. The predicted molar refractivity (Wildman–Crippen MR) is 174 cm³/mol. The van der Waals surface area contributed by atoms with Crippen LogP contribution in [0.25, 0.3) is 10.9 Å². The van der Waals surface area contributed by atoms with E-state index in [1.165, 1.54) is 11.5 Å². The van der Waals surface area contributed by atoms with Crippen molar-refractivity contribution in [2.45, 2.75) is 130 Å². The van der Waals surface area contributed by atoms with Gasteiger partial charge >= 0.3 is 12.0 Å². The van der Waals surface area contributed by atoms with Gasteiger partial charge in [0.1, 0.15) is 18.1 Å². The van der Waals surface area contributed by atoms with Crippen LogP contribution >= 0.6 is 0 Å². The molecule has 4 N–H and O–H groups in total. The highest BCUT2D eigenvalue weighted by molar-refractivity contribution is 5.96. The highest BCUT2D eigenvalue weighted by Crippen LogP contribution is 2.26. The van der Waals surface area contributed by atoms with Gasteiger partial charge in [0, 0.05) is 37.0 Å². The number of carboxylic acids is 1. The van der Waals surface area contributed by atoms with Gasteiger partial charge in [-0.15, -0.1) is 0 Å². The molecule has 248 valence electrons. The van der Waals surface area contributed by atoms with Gasteiger partial charge in [-0.25, -0.2) is 9.59 Å². The Bertz CT molecular complexity index is 1370. The molecule has 1 saturated heterocycles. The first-order valence-corrected chi connectivity index (χ1v) is 16.1. The Kier molecular flexibility index (Phi) is 12.2. The number of rotatable bonds is 12. The minimum atomic E-state index is -1.17. The van der Waals surface area contributed by atoms with E-state index < -0.39 is 35.9 Å². The van der Waals surface area contributed by atoms with Gasteiger partial charge in [-0.05, 0) is 63.0 Å². The van der Waals surface area contributed by atoms with Crippen LogP contribution < -0.4 is 16.0 Å². The molecule has 0 spiro atoms. The summed E-state index contributed by atoms with van der Waals surface area (Å²) in [5, 5.41) is 19.0. The molecule has 0 radical (unpaired) electrons. The van der Waals surface area contributed by atoms with E-state index in [9.17, 15) is 29.1 Å². The van der Waals surface area contributed by atoms with Gasteiger partial charge in [0.05, 0.1) is 5.52 Å². The molecule has 5 atom stereocenters. The number of aliphatic carboxylic acids is 1. The molecule has 0 saturated carbocycles. The van der Waals surface area contributed by atoms with Crippen molar-refractivity contribution in [3.8, 4) is 0 Å². The zero-order valence-electron chi connectivity index (χ0n) is 27.8. The second-order valence-corrected chi connectivity index (χ2v) is 13.7. The lowest BCUT2D eigenvalue weighted by Gasteiger charge is -2.40. The van der Waals surface area contributed by atoms with Crippen molar-refractivity contribution in [1.82, 2.24) is 25.4 Å². The number of unbranched alkanes of at least 4 members (excludes halogenated alkanes) is 1. The average molecular weight is 626 g/mol. The van der Waals surface area contributed by atoms with Gasteiger partial charge in [0.15, 0.2) is 0 Å². The number of likely N-dealkylation sites (tertiary alicyclic amines) is 1. The zero-order chi connectivity index (χ0) is 33.5. The number of hydrogen-bond donors (Lipinski definition) is 4. The van der Waals surface area contributed by atoms with E-state index in [1.807, 2.05) is 59.7 Å². The Morgan fingerprint density at radius 3 is 2.11 bits per heavy atom. The Hall–Kier alpha value is -3.89. The molecule has 2 heterocycles. The average Bonchev–Trinajstić information content (AvgIpc) is 3.32. The summed E-state index contributed by atoms with van der Waals surface area (Å²) in [6.07, 6.45) is 6.38. The summed E-state index contributed by atoms with van der Waals surface area (Å²) in [4.78, 5) is 67.4. The van der Waals surface area contributed by atoms with Crippen LogP contribution in [0.3, 0.4) is 0 Å². The molecule has 1 fully saturated rings. The lowest BCUT2D eigenvalue weighted by molar-refractivity contribution is -0.142. The number of nitrogens with one attached hydrogen (secondary N) is 3. The van der Waals surface area contributed by atoms with Crippen LogP contribution in [0.4, 0.5) is 4.79 Å². The molecule has 3 rings (SSSR count). The van der Waals surface area contributed by atoms with E-state index in [0.29, 0.717) is 23.9 Å². The molecular formula is C34H51N5O6. The maximum atomic E-state index is 14.0. The number of benzene rings is 1. The van der Waals surface area contributed by atoms with Crippen LogP contribution in [0.2, 0.25) is 0 Å². The Labute approximate surface area is 266 Å². The van der Waals surface area contributed by atoms with Crippen LogP contribution in [0, 0.1) is 5.41 Å². The van der Waals surface area contributed by atoms with Crippen LogP contribution in [0.15, 0.2) is 30.5 Å². The predicted octanol–water partition coefficient (Wildman–Crippen LogP) is 4.87. The van der Waals surface area contributed by atoms with Crippen molar-refractivity contribution < 1.29 is 29.1 Å². The molecule has 4 amide bonds. The Morgan fingerprint density at radius 1 is 0.933 bits per heavy atom. The van der Waals surface area contributed by atoms with Gasteiger partial charge in [0.2, 0.25) is 17.7 Å². The summed E-state index contributed by atoms with van der Waals surface area (Å²) in [7, 11) is 0. The standard InChI is InChI=1S/C34H51N5O6/c1-8-9-16-26(32(43)44)35-30(41)27(18-24-20-38(23(4)40)29-17-11-10-15-25(24)29)36-31(42)28(19-34(5,6)7)37-33(45)39-21(2)13-12-14-22(39)3/h10-11,15,17,20-22,26-28H,8-9,12-14,16,18-19H2,1-7H3,(H,35,41)(H,36,42)(H,37,45)(H,43,44). The van der Waals surface area contributed by atoms with Gasteiger partial charge < -0.3 is 26.0 Å². The van der Waals surface area contributed by atoms with Gasteiger partial charge in [0.25, 0.3) is 0 Å². The lowest BCUT2D eigenvalue weighted by Crippen LogP contribution is -2.60. The molecule has 1 aromatic heterocycles. The number of carboxylic acid groups (broad SMARTS) is 1. The van der Waals surface area contributed by atoms with Crippen molar-refractivity contribution in [1.29, 1.82) is 0 Å². The van der Waals surface area contributed by atoms with E-state index in [4.69, 9.17) is 0 Å². The van der Waals surface area contributed by atoms with Crippen molar-refractivity contribution in [2.24, 2.45) is 5.41 Å². The maximum absolute atomic E-state index is 14.0. The third kappa shape index (κ3) is 9.55. The monoisotopic (exact) mass is 625 g/mol. The molecule has 45 heavy (non-hydrogen) atoms. The molecular weight excluding hydrogens is 574 g/mol. The number of piperidine rings is 1. The van der Waals surface area contributed by atoms with E-state index in [2.05, 4.69) is 16.0 Å². The maximum Gasteiger partial charge on any atom is 0.326 e. The minimum Gasteiger partial charge on any atom is -0.480 e. The first kappa shape index (κ1) is 35.6. The second-order valence-electron chi connectivity index (χ2n) is 13.7. The topological polar surface area (TPSA) is 150 Å². The van der Waals surface area contributed by atoms with E-state index in [0.717, 1.165) is 31.1 Å². The minimum absolute atomic E-state index is 0.00879. The van der Waals surface area contributed by atoms with E-state index in [-0.39, 0.29) is 42.3 Å². The van der Waals surface area contributed by atoms with Crippen LogP contribution in [-0.4, -0.2) is 74.5 Å². The van der Waals surface area contributed by atoms with Crippen LogP contribution in [0.5, 0.6) is 0 Å². The Morgan fingerprint density at radius 2 is 1.53 bits per heavy atom. The fourth-order valence-electron chi connectivity index (χ4n) is 6.18. The number of para-hydroxylation sites is 1. The summed E-state index contributed by atoms with van der Waals surface area (Å²) >= 11 is 0. The fraction of sp³-hybridized carbons (Fsp3) is 0.618. The number of carbonyl (C=O) groups is 5. The number of aromatic nitrogens is 1. The summed E-state index contributed by atoms with van der Waals surface area (Å²) < 4.78 is 1.49. The molecule has 0 aliphatic carbocycles. The molecule has 5 unspecified atom stereocenters. The first-order chi connectivity index (χ1) is 21.1. The smallest absolute Gasteiger partial charge is 0.326 e. The number of fused-ring (bicyclic) bond motifs is 1. The molecule has 2 aromatic rings. The summed E-state index contributed by atoms with van der Waals surface area (Å²) in [5.41, 5.74) is 0.976. The van der Waals surface area contributed by atoms with E-state index in [1.54, 1.807) is 17.2 Å². The van der Waals surface area contributed by atoms with Gasteiger partial charge in [-0.2, -0.15) is 0 Å². The largest absolute Gasteiger partial charge is 0.480 e. The molecule has 1 aromatic carbocycles. The molecule has 11 nitrogen and oxygen atoms in total. The number of carbonyl (C=O) groups excluding carboxylic acids is 4. The highest BCUT2D eigenvalue weighted by atomic mass is 16.4. The molecule has 1 aliphatic heterocycles. The quantitative estimate of drug-likeness (QED) is 0.265. The third-order valence-electron chi connectivity index (χ3n) is 8.51. The van der Waals surface area contributed by atoms with Crippen molar-refractivity contribution in [3.05, 3.63) is 36.0 Å². The summed E-state index contributed by atoms with van der Waals surface area (Å²) in [6.45, 7) is 13.3. The fourth-order valence-corrected chi connectivity index (χ4v) is 6.18. The van der Waals surface area contributed by atoms with Crippen LogP contribution in [0.1, 0.15) is 104 Å². The van der Waals surface area contributed by atoms with Gasteiger partial charge in [-0.1, -0.05) is 58.7 Å². The van der Waals surface area contributed by atoms with Gasteiger partial charge in [-0.3, -0.25) is 19.0 Å². The summed E-state index contributed by atoms with van der Waals surface area (Å²) in [5.74, 6) is -2.54. The van der Waals surface area contributed by atoms with Crippen molar-refractivity contribution in [2.75, 3.05) is 0 Å². The van der Waals surface area contributed by atoms with E-state index >= 15 is 0 Å². The SMILES string of the molecule is CCCCC(NC(=O)C(Cc1cn(C(C)=O)c2ccccc12)NC(=O)C(CC(C)(C)C)NC(=O)N1C(C)CCCC1C)C(=O)O. The first-order valence-electron chi connectivity index (χ1n) is 16.1. The third-order valence-corrected chi connectivity index (χ3v) is 8.51. The summed E-state index contributed by atoms with van der Waals surface area (Å²) in [6, 6.07) is 3.78. The molecule has 0 bridgehead atoms. The zero-order valence-corrected chi connectivity index (χ0v) is 27.8. The highest BCUT2D eigenvalue weighted by Gasteiger charge is 2.35. The molecule has 11 heteroatoms. The number of nitrogens with zero attached hydrogens (tertiary/aromatic N) is 2. The number of urea groups is 1.